The van der Waals surface area contributed by atoms with Gasteiger partial charge in [-0.15, -0.1) is 0 Å². The van der Waals surface area contributed by atoms with Crippen LogP contribution in [0.25, 0.3) is 0 Å². The highest BCUT2D eigenvalue weighted by Crippen LogP contribution is 2.27. The molecule has 0 atom stereocenters. The molecule has 0 radical (unpaired) electrons. The van der Waals surface area contributed by atoms with Gasteiger partial charge in [-0.25, -0.2) is 4.39 Å². The molecular formula is C13H10Cl2FNO. The molecule has 2 aromatic carbocycles. The SMILES string of the molecule is Nc1cccc(F)c1OCc1ccc(Cl)cc1Cl. The maximum Gasteiger partial charge on any atom is 0.178 e. The van der Waals surface area contributed by atoms with E-state index in [2.05, 4.69) is 0 Å². The molecule has 18 heavy (non-hydrogen) atoms. The van der Waals surface area contributed by atoms with Gasteiger partial charge in [-0.3, -0.25) is 0 Å². The van der Waals surface area contributed by atoms with Gasteiger partial charge in [0.05, 0.1) is 5.69 Å². The summed E-state index contributed by atoms with van der Waals surface area (Å²) in [4.78, 5) is 0. The van der Waals surface area contributed by atoms with Crippen LogP contribution in [0, 0.1) is 5.82 Å². The van der Waals surface area contributed by atoms with Crippen LogP contribution >= 0.6 is 23.2 Å². The Balaban J connectivity index is 2.16. The molecule has 0 aliphatic rings. The number of hydrogen-bond acceptors (Lipinski definition) is 2. The lowest BCUT2D eigenvalue weighted by Crippen LogP contribution is -2.01. The highest BCUT2D eigenvalue weighted by Gasteiger charge is 2.09. The van der Waals surface area contributed by atoms with Crippen molar-refractivity contribution in [1.29, 1.82) is 0 Å². The van der Waals surface area contributed by atoms with E-state index < -0.39 is 5.82 Å². The van der Waals surface area contributed by atoms with Crippen molar-refractivity contribution in [3.8, 4) is 5.75 Å². The minimum Gasteiger partial charge on any atom is -0.484 e. The quantitative estimate of drug-likeness (QED) is 0.854. The third-order valence-corrected chi connectivity index (χ3v) is 2.97. The molecule has 0 aliphatic heterocycles. The highest BCUT2D eigenvalue weighted by atomic mass is 35.5. The first-order valence-electron chi connectivity index (χ1n) is 5.18. The Morgan fingerprint density at radius 1 is 1.17 bits per heavy atom. The van der Waals surface area contributed by atoms with E-state index in [0.717, 1.165) is 0 Å². The molecule has 0 spiro atoms. The van der Waals surface area contributed by atoms with Crippen molar-refractivity contribution in [2.75, 3.05) is 5.73 Å². The van der Waals surface area contributed by atoms with E-state index in [1.54, 1.807) is 24.3 Å². The summed E-state index contributed by atoms with van der Waals surface area (Å²) >= 11 is 11.8. The van der Waals surface area contributed by atoms with Crippen LogP contribution in [-0.2, 0) is 6.61 Å². The maximum atomic E-state index is 13.5. The Kier molecular flexibility index (Phi) is 3.94. The predicted octanol–water partition coefficient (Wildman–Crippen LogP) is 4.29. The standard InChI is InChI=1S/C13H10Cl2FNO/c14-9-5-4-8(10(15)6-9)7-18-13-11(16)2-1-3-12(13)17/h1-6H,7,17H2. The number of para-hydroxylation sites is 1. The minimum absolute atomic E-state index is 0.0310. The average molecular weight is 286 g/mol. The van der Waals surface area contributed by atoms with Gasteiger partial charge < -0.3 is 10.5 Å². The van der Waals surface area contributed by atoms with E-state index >= 15 is 0 Å². The van der Waals surface area contributed by atoms with Crippen LogP contribution in [0.15, 0.2) is 36.4 Å². The summed E-state index contributed by atoms with van der Waals surface area (Å²) in [7, 11) is 0. The van der Waals surface area contributed by atoms with Crippen LogP contribution in [0.5, 0.6) is 5.75 Å². The summed E-state index contributed by atoms with van der Waals surface area (Å²) < 4.78 is 18.8. The van der Waals surface area contributed by atoms with Gasteiger partial charge in [0, 0.05) is 15.6 Å². The average Bonchev–Trinajstić information content (AvgIpc) is 2.31. The molecule has 94 valence electrons. The molecule has 0 bridgehead atoms. The first kappa shape index (κ1) is 13.0. The van der Waals surface area contributed by atoms with E-state index in [-0.39, 0.29) is 18.0 Å². The molecule has 2 aromatic rings. The Labute approximate surface area is 114 Å². The normalized spacial score (nSPS) is 10.4. The molecular weight excluding hydrogens is 276 g/mol. The highest BCUT2D eigenvalue weighted by molar-refractivity contribution is 6.35. The van der Waals surface area contributed by atoms with Gasteiger partial charge in [-0.2, -0.15) is 0 Å². The van der Waals surface area contributed by atoms with Gasteiger partial charge in [0.2, 0.25) is 0 Å². The van der Waals surface area contributed by atoms with Crippen molar-refractivity contribution in [3.63, 3.8) is 0 Å². The lowest BCUT2D eigenvalue weighted by Gasteiger charge is -2.10. The molecule has 0 amide bonds. The van der Waals surface area contributed by atoms with Gasteiger partial charge in [0.25, 0.3) is 0 Å². The summed E-state index contributed by atoms with van der Waals surface area (Å²) in [5.41, 5.74) is 6.59. The van der Waals surface area contributed by atoms with Crippen molar-refractivity contribution in [3.05, 3.63) is 57.8 Å². The molecule has 0 heterocycles. The van der Waals surface area contributed by atoms with Crippen molar-refractivity contribution in [1.82, 2.24) is 0 Å². The number of ether oxygens (including phenoxy) is 1. The molecule has 0 aromatic heterocycles. The molecule has 2 rings (SSSR count). The van der Waals surface area contributed by atoms with Crippen LogP contribution in [0.4, 0.5) is 10.1 Å². The molecule has 2 N–H and O–H groups in total. The number of nitrogens with two attached hydrogens (primary N) is 1. The van der Waals surface area contributed by atoms with Gasteiger partial charge in [-0.1, -0.05) is 35.3 Å². The maximum absolute atomic E-state index is 13.5. The predicted molar refractivity (Wildman–Crippen MR) is 71.6 cm³/mol. The first-order chi connectivity index (χ1) is 8.58. The largest absolute Gasteiger partial charge is 0.484 e. The lowest BCUT2D eigenvalue weighted by atomic mass is 10.2. The molecule has 0 saturated carbocycles. The van der Waals surface area contributed by atoms with Crippen molar-refractivity contribution < 1.29 is 9.13 Å². The zero-order valence-corrected chi connectivity index (χ0v) is 10.8. The smallest absolute Gasteiger partial charge is 0.178 e. The summed E-state index contributed by atoms with van der Waals surface area (Å²) in [6.07, 6.45) is 0. The Bertz CT molecular complexity index is 555. The molecule has 0 unspecified atom stereocenters. The summed E-state index contributed by atoms with van der Waals surface area (Å²) in [5.74, 6) is -0.469. The number of benzene rings is 2. The fraction of sp³-hybridized carbons (Fsp3) is 0.0769. The second-order valence-corrected chi connectivity index (χ2v) is 4.53. The van der Waals surface area contributed by atoms with Crippen LogP contribution in [0.1, 0.15) is 5.56 Å². The second-order valence-electron chi connectivity index (χ2n) is 3.68. The number of anilines is 1. The number of rotatable bonds is 3. The van der Waals surface area contributed by atoms with E-state index in [1.165, 1.54) is 12.1 Å². The molecule has 0 fully saturated rings. The molecule has 0 saturated heterocycles. The molecule has 2 nitrogen and oxygen atoms in total. The monoisotopic (exact) mass is 285 g/mol. The van der Waals surface area contributed by atoms with E-state index in [0.29, 0.717) is 15.6 Å². The van der Waals surface area contributed by atoms with E-state index in [4.69, 9.17) is 33.7 Å². The minimum atomic E-state index is -0.500. The fourth-order valence-electron chi connectivity index (χ4n) is 1.47. The van der Waals surface area contributed by atoms with E-state index in [9.17, 15) is 4.39 Å². The summed E-state index contributed by atoms with van der Waals surface area (Å²) in [5, 5.41) is 1.01. The fourth-order valence-corrected chi connectivity index (χ4v) is 1.93. The van der Waals surface area contributed by atoms with Crippen LogP contribution in [0.2, 0.25) is 10.0 Å². The Hall–Kier alpha value is -1.45. The summed E-state index contributed by atoms with van der Waals surface area (Å²) in [6, 6.07) is 9.40. The van der Waals surface area contributed by atoms with Crippen LogP contribution < -0.4 is 10.5 Å². The van der Waals surface area contributed by atoms with Crippen LogP contribution in [0.3, 0.4) is 0 Å². The van der Waals surface area contributed by atoms with Gasteiger partial charge in [-0.05, 0) is 24.3 Å². The Morgan fingerprint density at radius 3 is 2.61 bits per heavy atom. The second kappa shape index (κ2) is 5.46. The number of halogens is 3. The summed E-state index contributed by atoms with van der Waals surface area (Å²) in [6.45, 7) is 0.126. The number of nitrogen functional groups attached to an aromatic ring is 1. The topological polar surface area (TPSA) is 35.2 Å². The molecule has 5 heteroatoms. The lowest BCUT2D eigenvalue weighted by molar-refractivity contribution is 0.292. The van der Waals surface area contributed by atoms with Gasteiger partial charge >= 0.3 is 0 Å². The van der Waals surface area contributed by atoms with E-state index in [1.807, 2.05) is 0 Å². The molecule has 0 aliphatic carbocycles. The Morgan fingerprint density at radius 2 is 1.94 bits per heavy atom. The zero-order valence-electron chi connectivity index (χ0n) is 9.29. The first-order valence-corrected chi connectivity index (χ1v) is 5.94. The van der Waals surface area contributed by atoms with Crippen molar-refractivity contribution in [2.45, 2.75) is 6.61 Å². The van der Waals surface area contributed by atoms with Crippen LogP contribution in [-0.4, -0.2) is 0 Å². The number of hydrogen-bond donors (Lipinski definition) is 1. The van der Waals surface area contributed by atoms with Crippen molar-refractivity contribution in [2.24, 2.45) is 0 Å². The third kappa shape index (κ3) is 2.86. The third-order valence-electron chi connectivity index (χ3n) is 2.38. The van der Waals surface area contributed by atoms with Gasteiger partial charge in [0.15, 0.2) is 11.6 Å². The van der Waals surface area contributed by atoms with Gasteiger partial charge in [0.1, 0.15) is 6.61 Å². The zero-order chi connectivity index (χ0) is 13.1. The van der Waals surface area contributed by atoms with Crippen molar-refractivity contribution >= 4 is 28.9 Å².